The Morgan fingerprint density at radius 1 is 1.09 bits per heavy atom. The van der Waals surface area contributed by atoms with Gasteiger partial charge in [-0.2, -0.15) is 13.2 Å². The standard InChI is InChI=1S/C31H38N4O5.C2HF3O2/c1-3-39-29-26(27(36)28(29)37)32-13-16-35-14-11-23-24-19-22(38-2)9-10-25(24)33-30(23)31(35)12-15-34(20-31)17-18-40-21-7-5-4-6-8-21;3-2(4,5)1(6)7/h4-10,19,26,29,32-33H,3,11-18,20H2,1-2H3;(H,6,7). The molecule has 3 N–H and O–H groups in total. The maximum atomic E-state index is 12.2. The van der Waals surface area contributed by atoms with Gasteiger partial charge < -0.3 is 29.6 Å². The first-order valence-corrected chi connectivity index (χ1v) is 15.6. The maximum Gasteiger partial charge on any atom is 0.490 e. The number of methoxy groups -OCH3 is 1. The molecule has 0 amide bonds. The number of Topliss-reactive ketones (excluding diaryl/α,β-unsaturated/α-hetero) is 2. The van der Waals surface area contributed by atoms with Crippen molar-refractivity contribution < 1.29 is 46.9 Å². The number of H-pyrrole nitrogens is 1. The number of rotatable bonds is 11. The highest BCUT2D eigenvalue weighted by Gasteiger charge is 2.51. The van der Waals surface area contributed by atoms with Gasteiger partial charge in [0.2, 0.25) is 11.6 Å². The van der Waals surface area contributed by atoms with E-state index in [1.54, 1.807) is 7.11 Å². The van der Waals surface area contributed by atoms with E-state index in [2.05, 4.69) is 32.2 Å². The Hall–Kier alpha value is -3.98. The number of aromatic amines is 1. The summed E-state index contributed by atoms with van der Waals surface area (Å²) >= 11 is 0. The summed E-state index contributed by atoms with van der Waals surface area (Å²) in [5, 5.41) is 11.7. The number of carboxylic acid groups (broad SMARTS) is 1. The van der Waals surface area contributed by atoms with Crippen molar-refractivity contribution in [2.24, 2.45) is 0 Å². The number of aromatic nitrogens is 1. The second kappa shape index (κ2) is 14.4. The third kappa shape index (κ3) is 7.30. The van der Waals surface area contributed by atoms with Crippen molar-refractivity contribution in [2.75, 3.05) is 59.6 Å². The van der Waals surface area contributed by atoms with Crippen LogP contribution in [0, 0.1) is 0 Å². The maximum absolute atomic E-state index is 12.2. The Morgan fingerprint density at radius 3 is 2.51 bits per heavy atom. The smallest absolute Gasteiger partial charge is 0.490 e. The van der Waals surface area contributed by atoms with Gasteiger partial charge in [0.25, 0.3) is 0 Å². The zero-order valence-corrected chi connectivity index (χ0v) is 26.3. The summed E-state index contributed by atoms with van der Waals surface area (Å²) < 4.78 is 48.8. The fraction of sp³-hybridized carbons (Fsp3) is 0.485. The molecule has 254 valence electrons. The summed E-state index contributed by atoms with van der Waals surface area (Å²) in [6.07, 6.45) is -3.81. The zero-order chi connectivity index (χ0) is 33.8. The molecule has 1 spiro atoms. The number of halogens is 3. The van der Waals surface area contributed by atoms with Crippen molar-refractivity contribution in [3.05, 3.63) is 59.8 Å². The Bertz CT molecular complexity index is 1580. The Kier molecular flexibility index (Phi) is 10.5. The van der Waals surface area contributed by atoms with Crippen LogP contribution in [0.1, 0.15) is 24.6 Å². The highest BCUT2D eigenvalue weighted by atomic mass is 19.4. The molecule has 3 heterocycles. The fourth-order valence-electron chi connectivity index (χ4n) is 6.68. The minimum atomic E-state index is -5.08. The molecule has 1 saturated heterocycles. The lowest BCUT2D eigenvalue weighted by atomic mass is 9.83. The molecule has 11 nitrogen and oxygen atoms in total. The molecule has 2 aromatic carbocycles. The van der Waals surface area contributed by atoms with Crippen LogP contribution in [-0.2, 0) is 31.1 Å². The van der Waals surface area contributed by atoms with Gasteiger partial charge in [0, 0.05) is 62.5 Å². The number of carboxylic acids is 1. The SMILES string of the molecule is CCOC1C(=O)C(=O)C1NCCN1CCc2c([nH]c3ccc(OC)cc23)C12CCN(CCOc1ccccc1)C2.O=C(O)C(F)(F)F. The van der Waals surface area contributed by atoms with E-state index in [0.717, 1.165) is 62.6 Å². The number of carbonyl (C=O) groups is 3. The summed E-state index contributed by atoms with van der Waals surface area (Å²) in [4.78, 5) is 41.9. The van der Waals surface area contributed by atoms with Crippen LogP contribution in [0.5, 0.6) is 11.5 Å². The molecule has 3 atom stereocenters. The number of carbonyl (C=O) groups excluding carboxylic acids is 2. The molecule has 0 bridgehead atoms. The summed E-state index contributed by atoms with van der Waals surface area (Å²) in [6.45, 7) is 7.89. The predicted octanol–water partition coefficient (Wildman–Crippen LogP) is 3.16. The molecule has 1 saturated carbocycles. The van der Waals surface area contributed by atoms with E-state index in [1.807, 2.05) is 43.3 Å². The lowest BCUT2D eigenvalue weighted by Gasteiger charge is -2.45. The number of hydrogen-bond acceptors (Lipinski definition) is 9. The third-order valence-electron chi connectivity index (χ3n) is 8.98. The molecule has 6 rings (SSSR count). The van der Waals surface area contributed by atoms with E-state index in [-0.39, 0.29) is 11.3 Å². The van der Waals surface area contributed by atoms with Crippen LogP contribution in [0.25, 0.3) is 10.9 Å². The minimum Gasteiger partial charge on any atom is -0.497 e. The van der Waals surface area contributed by atoms with Crippen LogP contribution in [-0.4, -0.2) is 115 Å². The van der Waals surface area contributed by atoms with Crippen molar-refractivity contribution in [1.82, 2.24) is 20.1 Å². The summed E-state index contributed by atoms with van der Waals surface area (Å²) in [5.74, 6) is -1.79. The van der Waals surface area contributed by atoms with Crippen LogP contribution in [0.15, 0.2) is 48.5 Å². The minimum absolute atomic E-state index is 0.174. The van der Waals surface area contributed by atoms with Gasteiger partial charge in [-0.3, -0.25) is 19.4 Å². The molecular weight excluding hydrogens is 621 g/mol. The van der Waals surface area contributed by atoms with Crippen LogP contribution in [0.3, 0.4) is 0 Å². The van der Waals surface area contributed by atoms with Crippen molar-refractivity contribution in [2.45, 2.75) is 43.6 Å². The molecule has 47 heavy (non-hydrogen) atoms. The van der Waals surface area contributed by atoms with E-state index in [1.165, 1.54) is 16.6 Å². The third-order valence-corrected chi connectivity index (χ3v) is 8.98. The van der Waals surface area contributed by atoms with E-state index < -0.39 is 30.1 Å². The number of ether oxygens (including phenoxy) is 3. The number of para-hydroxylation sites is 1. The first kappa shape index (κ1) is 34.4. The summed E-state index contributed by atoms with van der Waals surface area (Å²) in [5.41, 5.74) is 3.62. The number of nitrogens with zero attached hydrogens (tertiary/aromatic N) is 2. The van der Waals surface area contributed by atoms with Crippen molar-refractivity contribution in [3.8, 4) is 11.5 Å². The zero-order valence-electron chi connectivity index (χ0n) is 26.3. The molecule has 1 aliphatic carbocycles. The molecule has 3 unspecified atom stereocenters. The number of benzene rings is 2. The topological polar surface area (TPSA) is 133 Å². The molecule has 1 aromatic heterocycles. The van der Waals surface area contributed by atoms with Crippen LogP contribution >= 0.6 is 0 Å². The van der Waals surface area contributed by atoms with Gasteiger partial charge in [-0.05, 0) is 55.7 Å². The van der Waals surface area contributed by atoms with E-state index in [9.17, 15) is 22.8 Å². The van der Waals surface area contributed by atoms with E-state index in [4.69, 9.17) is 24.1 Å². The van der Waals surface area contributed by atoms with Gasteiger partial charge in [-0.15, -0.1) is 0 Å². The van der Waals surface area contributed by atoms with Crippen LogP contribution in [0.4, 0.5) is 13.2 Å². The van der Waals surface area contributed by atoms with Gasteiger partial charge in [-0.1, -0.05) is 18.2 Å². The number of likely N-dealkylation sites (tertiary alicyclic amines) is 1. The lowest BCUT2D eigenvalue weighted by Crippen LogP contribution is -2.66. The summed E-state index contributed by atoms with van der Waals surface area (Å²) in [6, 6.07) is 15.7. The number of alkyl halides is 3. The molecule has 0 radical (unpaired) electrons. The van der Waals surface area contributed by atoms with Gasteiger partial charge in [0.05, 0.1) is 12.6 Å². The quantitative estimate of drug-likeness (QED) is 0.264. The van der Waals surface area contributed by atoms with Crippen LogP contribution in [0.2, 0.25) is 0 Å². The summed E-state index contributed by atoms with van der Waals surface area (Å²) in [7, 11) is 1.71. The first-order chi connectivity index (χ1) is 22.5. The van der Waals surface area contributed by atoms with Crippen molar-refractivity contribution >= 4 is 28.4 Å². The van der Waals surface area contributed by atoms with Gasteiger partial charge in [0.15, 0.2) is 0 Å². The Labute approximate surface area is 269 Å². The van der Waals surface area contributed by atoms with Crippen molar-refractivity contribution in [3.63, 3.8) is 0 Å². The Morgan fingerprint density at radius 2 is 1.83 bits per heavy atom. The van der Waals surface area contributed by atoms with Crippen molar-refractivity contribution in [1.29, 1.82) is 0 Å². The number of ketones is 2. The molecule has 3 aromatic rings. The highest BCUT2D eigenvalue weighted by molar-refractivity contribution is 6.48. The Balaban J connectivity index is 0.000000559. The number of aliphatic carboxylic acids is 1. The van der Waals surface area contributed by atoms with Gasteiger partial charge >= 0.3 is 12.1 Å². The van der Waals surface area contributed by atoms with E-state index in [0.29, 0.717) is 19.8 Å². The molecule has 3 aliphatic rings. The number of nitrogens with one attached hydrogen (secondary N) is 2. The fourth-order valence-corrected chi connectivity index (χ4v) is 6.68. The molecule has 2 aliphatic heterocycles. The molecular formula is C33H39F3N4O7. The lowest BCUT2D eigenvalue weighted by molar-refractivity contribution is -0.192. The number of hydrogen-bond donors (Lipinski definition) is 3. The average Bonchev–Trinajstić information content (AvgIpc) is 3.66. The first-order valence-electron chi connectivity index (χ1n) is 15.6. The molecule has 2 fully saturated rings. The highest BCUT2D eigenvalue weighted by Crippen LogP contribution is 2.45. The van der Waals surface area contributed by atoms with E-state index >= 15 is 0 Å². The monoisotopic (exact) mass is 660 g/mol. The van der Waals surface area contributed by atoms with Gasteiger partial charge in [-0.25, -0.2) is 4.79 Å². The average molecular weight is 661 g/mol. The van der Waals surface area contributed by atoms with Gasteiger partial charge in [0.1, 0.15) is 30.3 Å². The predicted molar refractivity (Wildman–Crippen MR) is 166 cm³/mol. The van der Waals surface area contributed by atoms with Crippen LogP contribution < -0.4 is 14.8 Å². The number of fused-ring (bicyclic) bond motifs is 4. The normalized spacial score (nSPS) is 22.9. The molecule has 14 heteroatoms. The second-order valence-corrected chi connectivity index (χ2v) is 11.7. The largest absolute Gasteiger partial charge is 0.497 e. The second-order valence-electron chi connectivity index (χ2n) is 11.7.